The molecule has 0 aliphatic rings. The highest BCUT2D eigenvalue weighted by Gasteiger charge is 2.08. The van der Waals surface area contributed by atoms with Crippen LogP contribution in [0.2, 0.25) is 0 Å². The fourth-order valence-electron chi connectivity index (χ4n) is 2.21. The largest absolute Gasteiger partial charge is 0.380 e. The topological polar surface area (TPSA) is 62.1 Å². The Morgan fingerprint density at radius 1 is 1.30 bits per heavy atom. The van der Waals surface area contributed by atoms with E-state index in [2.05, 4.69) is 11.4 Å². The van der Waals surface area contributed by atoms with E-state index >= 15 is 0 Å². The van der Waals surface area contributed by atoms with E-state index in [9.17, 15) is 9.18 Å². The van der Waals surface area contributed by atoms with Crippen molar-refractivity contribution in [2.75, 3.05) is 12.4 Å². The first-order valence-corrected chi connectivity index (χ1v) is 7.10. The van der Waals surface area contributed by atoms with E-state index < -0.39 is 0 Å². The van der Waals surface area contributed by atoms with Crippen LogP contribution in [-0.4, -0.2) is 12.9 Å². The lowest BCUT2D eigenvalue weighted by atomic mass is 10.1. The number of carbonyl (C=O) groups is 1. The lowest BCUT2D eigenvalue weighted by Crippen LogP contribution is -2.04. The Hall–Kier alpha value is -2.71. The molecule has 0 radical (unpaired) electrons. The van der Waals surface area contributed by atoms with Gasteiger partial charge in [0.1, 0.15) is 11.9 Å². The molecule has 23 heavy (non-hydrogen) atoms. The first-order valence-electron chi connectivity index (χ1n) is 7.10. The Kier molecular flexibility index (Phi) is 5.45. The third kappa shape index (κ3) is 4.15. The third-order valence-electron chi connectivity index (χ3n) is 3.44. The molecule has 0 amide bonds. The summed E-state index contributed by atoms with van der Waals surface area (Å²) in [6.45, 7) is 2.08. The number of carbonyl (C=O) groups excluding carboxylic acids is 1. The van der Waals surface area contributed by atoms with Gasteiger partial charge in [0.15, 0.2) is 5.78 Å². The highest BCUT2D eigenvalue weighted by atomic mass is 19.1. The van der Waals surface area contributed by atoms with Crippen molar-refractivity contribution in [2.45, 2.75) is 20.1 Å². The van der Waals surface area contributed by atoms with Crippen molar-refractivity contribution in [3.8, 4) is 6.07 Å². The molecule has 1 N–H and O–H groups in total. The predicted molar refractivity (Wildman–Crippen MR) is 85.6 cm³/mol. The van der Waals surface area contributed by atoms with Gasteiger partial charge >= 0.3 is 0 Å². The monoisotopic (exact) mass is 312 g/mol. The van der Waals surface area contributed by atoms with Gasteiger partial charge in [-0.3, -0.25) is 4.79 Å². The highest BCUT2D eigenvalue weighted by Crippen LogP contribution is 2.19. The second-order valence-corrected chi connectivity index (χ2v) is 5.14. The maximum Gasteiger partial charge on any atom is 0.159 e. The molecule has 2 aromatic carbocycles. The quantitative estimate of drug-likeness (QED) is 0.827. The van der Waals surface area contributed by atoms with E-state index in [1.54, 1.807) is 30.3 Å². The Morgan fingerprint density at radius 3 is 2.74 bits per heavy atom. The lowest BCUT2D eigenvalue weighted by Gasteiger charge is -2.11. The molecule has 0 bridgehead atoms. The standard InChI is InChI=1S/C18H17FN2O2/c1-12(22)14-4-5-15(9-20)18(8-14)21-10-13-3-6-17(19)16(7-13)11-23-2/h3-8,21H,10-11H2,1-2H3. The van der Waals surface area contributed by atoms with E-state index in [1.807, 2.05) is 0 Å². The number of hydrogen-bond donors (Lipinski definition) is 1. The van der Waals surface area contributed by atoms with Crippen molar-refractivity contribution < 1.29 is 13.9 Å². The van der Waals surface area contributed by atoms with Gasteiger partial charge < -0.3 is 10.1 Å². The summed E-state index contributed by atoms with van der Waals surface area (Å²) in [6, 6.07) is 11.8. The molecule has 0 saturated carbocycles. The normalized spacial score (nSPS) is 10.2. The van der Waals surface area contributed by atoms with Gasteiger partial charge in [-0.1, -0.05) is 6.07 Å². The smallest absolute Gasteiger partial charge is 0.159 e. The molecule has 0 saturated heterocycles. The molecule has 0 spiro atoms. The van der Waals surface area contributed by atoms with Gasteiger partial charge in [-0.2, -0.15) is 5.26 Å². The molecular weight excluding hydrogens is 295 g/mol. The zero-order valence-corrected chi connectivity index (χ0v) is 13.0. The number of hydrogen-bond acceptors (Lipinski definition) is 4. The van der Waals surface area contributed by atoms with Gasteiger partial charge in [0, 0.05) is 24.8 Å². The molecule has 0 aliphatic carbocycles. The Balaban J connectivity index is 2.20. The fourth-order valence-corrected chi connectivity index (χ4v) is 2.21. The van der Waals surface area contributed by atoms with Crippen LogP contribution >= 0.6 is 0 Å². The summed E-state index contributed by atoms with van der Waals surface area (Å²) in [4.78, 5) is 11.5. The maximum atomic E-state index is 13.6. The summed E-state index contributed by atoms with van der Waals surface area (Å²) in [5.74, 6) is -0.381. The molecular formula is C18H17FN2O2. The zero-order chi connectivity index (χ0) is 16.8. The molecule has 0 aliphatic heterocycles. The number of nitrogens with one attached hydrogen (secondary N) is 1. The average Bonchev–Trinajstić information content (AvgIpc) is 2.55. The number of ketones is 1. The number of methoxy groups -OCH3 is 1. The molecule has 0 fully saturated rings. The van der Waals surface area contributed by atoms with E-state index in [4.69, 9.17) is 10.00 Å². The van der Waals surface area contributed by atoms with Crippen molar-refractivity contribution >= 4 is 11.5 Å². The Morgan fingerprint density at radius 2 is 2.09 bits per heavy atom. The van der Waals surface area contributed by atoms with Crippen LogP contribution in [0.4, 0.5) is 10.1 Å². The predicted octanol–water partition coefficient (Wildman–Crippen LogP) is 3.66. The minimum Gasteiger partial charge on any atom is -0.380 e. The minimum absolute atomic E-state index is 0.0679. The second-order valence-electron chi connectivity index (χ2n) is 5.14. The van der Waals surface area contributed by atoms with Gasteiger partial charge in [-0.25, -0.2) is 4.39 Å². The number of Topliss-reactive ketones (excluding diaryl/α,β-unsaturated/α-hetero) is 1. The number of anilines is 1. The van der Waals surface area contributed by atoms with Crippen LogP contribution in [0.3, 0.4) is 0 Å². The fraction of sp³-hybridized carbons (Fsp3) is 0.222. The van der Waals surface area contributed by atoms with Crippen LogP contribution in [0.5, 0.6) is 0 Å². The van der Waals surface area contributed by atoms with Gasteiger partial charge in [0.05, 0.1) is 17.9 Å². The molecule has 0 aromatic heterocycles. The second kappa shape index (κ2) is 7.52. The summed E-state index contributed by atoms with van der Waals surface area (Å²) in [5, 5.41) is 12.3. The summed E-state index contributed by atoms with van der Waals surface area (Å²) < 4.78 is 18.6. The van der Waals surface area contributed by atoms with Crippen LogP contribution in [0.1, 0.15) is 34.0 Å². The van der Waals surface area contributed by atoms with Crippen molar-refractivity contribution in [1.29, 1.82) is 5.26 Å². The molecule has 0 heterocycles. The van der Waals surface area contributed by atoms with Crippen LogP contribution in [0.25, 0.3) is 0 Å². The highest BCUT2D eigenvalue weighted by molar-refractivity contribution is 5.95. The van der Waals surface area contributed by atoms with E-state index in [-0.39, 0.29) is 18.2 Å². The maximum absolute atomic E-state index is 13.6. The summed E-state index contributed by atoms with van der Waals surface area (Å²) in [5.41, 5.74) is 2.90. The SMILES string of the molecule is COCc1cc(CNc2cc(C(C)=O)ccc2C#N)ccc1F. The van der Waals surface area contributed by atoms with Crippen molar-refractivity contribution in [3.05, 3.63) is 64.5 Å². The first kappa shape index (κ1) is 16.7. The Bertz CT molecular complexity index is 766. The third-order valence-corrected chi connectivity index (χ3v) is 3.44. The number of nitrogens with zero attached hydrogens (tertiary/aromatic N) is 1. The molecule has 0 unspecified atom stereocenters. The van der Waals surface area contributed by atoms with Crippen molar-refractivity contribution in [3.63, 3.8) is 0 Å². The molecule has 4 nitrogen and oxygen atoms in total. The van der Waals surface area contributed by atoms with E-state index in [0.717, 1.165) is 5.56 Å². The molecule has 118 valence electrons. The number of nitriles is 1. The van der Waals surface area contributed by atoms with Gasteiger partial charge in [-0.05, 0) is 42.8 Å². The van der Waals surface area contributed by atoms with Crippen LogP contribution in [0, 0.1) is 17.1 Å². The van der Waals surface area contributed by atoms with Crippen molar-refractivity contribution in [2.24, 2.45) is 0 Å². The van der Waals surface area contributed by atoms with Gasteiger partial charge in [-0.15, -0.1) is 0 Å². The number of halogens is 1. The Labute approximate surface area is 134 Å². The van der Waals surface area contributed by atoms with Crippen LogP contribution in [-0.2, 0) is 17.9 Å². The minimum atomic E-state index is -0.313. The van der Waals surface area contributed by atoms with Crippen molar-refractivity contribution in [1.82, 2.24) is 0 Å². The summed E-state index contributed by atoms with van der Waals surface area (Å²) in [7, 11) is 1.51. The number of ether oxygens (including phenoxy) is 1. The summed E-state index contributed by atoms with van der Waals surface area (Å²) >= 11 is 0. The average molecular weight is 312 g/mol. The first-order chi connectivity index (χ1) is 11.0. The number of rotatable bonds is 6. The van der Waals surface area contributed by atoms with E-state index in [1.165, 1.54) is 20.1 Å². The lowest BCUT2D eigenvalue weighted by molar-refractivity contribution is 0.101. The van der Waals surface area contributed by atoms with Gasteiger partial charge in [0.2, 0.25) is 0 Å². The van der Waals surface area contributed by atoms with E-state index in [0.29, 0.717) is 28.9 Å². The summed E-state index contributed by atoms with van der Waals surface area (Å²) in [6.07, 6.45) is 0. The molecule has 2 rings (SSSR count). The van der Waals surface area contributed by atoms with Gasteiger partial charge in [0.25, 0.3) is 0 Å². The molecule has 0 atom stereocenters. The number of benzene rings is 2. The van der Waals surface area contributed by atoms with Crippen LogP contribution < -0.4 is 5.32 Å². The van der Waals surface area contributed by atoms with Crippen LogP contribution in [0.15, 0.2) is 36.4 Å². The molecule has 5 heteroatoms. The molecule has 2 aromatic rings. The zero-order valence-electron chi connectivity index (χ0n) is 13.0.